The first-order valence-electron chi connectivity index (χ1n) is 8.49. The number of hydrogen-bond acceptors (Lipinski definition) is 4. The second kappa shape index (κ2) is 7.38. The Bertz CT molecular complexity index is 639. The molecule has 1 atom stereocenters. The van der Waals surface area contributed by atoms with E-state index >= 15 is 0 Å². The molecule has 2 amide bonds. The van der Waals surface area contributed by atoms with Gasteiger partial charge >= 0.3 is 0 Å². The molecule has 0 saturated carbocycles. The van der Waals surface area contributed by atoms with Crippen molar-refractivity contribution in [2.45, 2.75) is 43.8 Å². The van der Waals surface area contributed by atoms with E-state index in [1.54, 1.807) is 0 Å². The summed E-state index contributed by atoms with van der Waals surface area (Å²) >= 11 is 1.36. The number of para-hydroxylation sites is 1. The van der Waals surface area contributed by atoms with Crippen LogP contribution in [0.3, 0.4) is 0 Å². The standard InChI is InChI=1S/C18H23N3O2S/c1-18(13-15(22)21-11-7-2-3-8-12-21)16(23)20-17(24-18)19-14-9-5-4-6-10-14/h4-6,9-10H,2-3,7-8,11-13H2,1H3,(H,19,20,23). The maximum Gasteiger partial charge on any atom is 0.265 e. The minimum atomic E-state index is -0.805. The van der Waals surface area contributed by atoms with Gasteiger partial charge in [0.25, 0.3) is 5.91 Å². The Labute approximate surface area is 146 Å². The topological polar surface area (TPSA) is 61.8 Å². The second-order valence-corrected chi connectivity index (χ2v) is 8.01. The number of carbonyl (C=O) groups excluding carboxylic acids is 2. The van der Waals surface area contributed by atoms with E-state index in [1.807, 2.05) is 42.2 Å². The van der Waals surface area contributed by atoms with Crippen LogP contribution < -0.4 is 5.32 Å². The Morgan fingerprint density at radius 1 is 1.21 bits per heavy atom. The molecule has 1 N–H and O–H groups in total. The second-order valence-electron chi connectivity index (χ2n) is 6.52. The summed E-state index contributed by atoms with van der Waals surface area (Å²) < 4.78 is -0.805. The Balaban J connectivity index is 1.61. The van der Waals surface area contributed by atoms with E-state index in [0.717, 1.165) is 31.6 Å². The number of nitrogens with one attached hydrogen (secondary N) is 1. The van der Waals surface area contributed by atoms with E-state index in [2.05, 4.69) is 10.3 Å². The SMILES string of the molecule is CC1(CC(=O)N2CCCCCC2)SC(Nc2ccccc2)=NC1=O. The summed E-state index contributed by atoms with van der Waals surface area (Å²) in [5.74, 6) is -0.162. The van der Waals surface area contributed by atoms with Crippen LogP contribution in [0.25, 0.3) is 0 Å². The zero-order chi connectivity index (χ0) is 17.0. The van der Waals surface area contributed by atoms with Gasteiger partial charge in [0.2, 0.25) is 5.91 Å². The van der Waals surface area contributed by atoms with Crippen LogP contribution in [0.4, 0.5) is 5.69 Å². The van der Waals surface area contributed by atoms with Crippen molar-refractivity contribution in [2.75, 3.05) is 18.4 Å². The molecule has 1 unspecified atom stereocenters. The molecule has 0 aromatic heterocycles. The lowest BCUT2D eigenvalue weighted by atomic mass is 10.1. The number of amidine groups is 1. The number of rotatable bonds is 3. The van der Waals surface area contributed by atoms with Crippen molar-refractivity contribution in [3.63, 3.8) is 0 Å². The molecular formula is C18H23N3O2S. The number of hydrogen-bond donors (Lipinski definition) is 1. The fraction of sp³-hybridized carbons (Fsp3) is 0.500. The molecular weight excluding hydrogens is 322 g/mol. The van der Waals surface area contributed by atoms with Crippen molar-refractivity contribution in [1.29, 1.82) is 0 Å². The molecule has 6 heteroatoms. The van der Waals surface area contributed by atoms with Gasteiger partial charge in [-0.15, -0.1) is 0 Å². The first-order valence-corrected chi connectivity index (χ1v) is 9.30. The Morgan fingerprint density at radius 2 is 1.88 bits per heavy atom. The summed E-state index contributed by atoms with van der Waals surface area (Å²) in [5.41, 5.74) is 0.889. The molecule has 0 bridgehead atoms. The fourth-order valence-corrected chi connectivity index (χ4v) is 4.07. The zero-order valence-corrected chi connectivity index (χ0v) is 14.8. The van der Waals surface area contributed by atoms with E-state index < -0.39 is 4.75 Å². The number of anilines is 1. The van der Waals surface area contributed by atoms with Gasteiger partial charge in [-0.1, -0.05) is 42.8 Å². The molecule has 0 aliphatic carbocycles. The highest BCUT2D eigenvalue weighted by Gasteiger charge is 2.43. The molecule has 1 aromatic carbocycles. The van der Waals surface area contributed by atoms with E-state index in [9.17, 15) is 9.59 Å². The lowest BCUT2D eigenvalue weighted by molar-refractivity contribution is -0.134. The molecule has 1 saturated heterocycles. The molecule has 3 rings (SSSR count). The summed E-state index contributed by atoms with van der Waals surface area (Å²) in [6, 6.07) is 9.62. The van der Waals surface area contributed by atoms with Gasteiger partial charge in [-0.25, -0.2) is 0 Å². The molecule has 0 radical (unpaired) electrons. The van der Waals surface area contributed by atoms with Crippen molar-refractivity contribution in [3.8, 4) is 0 Å². The van der Waals surface area contributed by atoms with Gasteiger partial charge in [0.1, 0.15) is 4.75 Å². The van der Waals surface area contributed by atoms with Crippen LogP contribution >= 0.6 is 11.8 Å². The summed E-state index contributed by atoms with van der Waals surface area (Å²) in [5, 5.41) is 3.72. The number of likely N-dealkylation sites (tertiary alicyclic amines) is 1. The molecule has 2 aliphatic rings. The number of amides is 2. The van der Waals surface area contributed by atoms with E-state index in [1.165, 1.54) is 24.6 Å². The predicted octanol–water partition coefficient (Wildman–Crippen LogP) is 3.28. The first-order chi connectivity index (χ1) is 11.6. The van der Waals surface area contributed by atoms with E-state index in [0.29, 0.717) is 5.17 Å². The maximum atomic E-state index is 12.6. The largest absolute Gasteiger partial charge is 0.343 e. The van der Waals surface area contributed by atoms with Crippen LogP contribution in [0, 0.1) is 0 Å². The molecule has 0 spiro atoms. The van der Waals surface area contributed by atoms with E-state index in [4.69, 9.17) is 0 Å². The summed E-state index contributed by atoms with van der Waals surface area (Å²) in [6.45, 7) is 3.44. The number of carbonyl (C=O) groups is 2. The zero-order valence-electron chi connectivity index (χ0n) is 14.0. The highest BCUT2D eigenvalue weighted by molar-refractivity contribution is 8.16. The predicted molar refractivity (Wildman–Crippen MR) is 98.2 cm³/mol. The summed E-state index contributed by atoms with van der Waals surface area (Å²) in [6.07, 6.45) is 4.69. The quantitative estimate of drug-likeness (QED) is 0.913. The normalized spacial score (nSPS) is 24.5. The van der Waals surface area contributed by atoms with Crippen LogP contribution in [0.5, 0.6) is 0 Å². The van der Waals surface area contributed by atoms with Gasteiger partial charge in [-0.3, -0.25) is 9.59 Å². The van der Waals surface area contributed by atoms with Gasteiger partial charge in [0.05, 0.1) is 6.42 Å². The van der Waals surface area contributed by atoms with Gasteiger partial charge < -0.3 is 10.2 Å². The van der Waals surface area contributed by atoms with Gasteiger partial charge in [0, 0.05) is 18.8 Å². The van der Waals surface area contributed by atoms with Crippen molar-refractivity contribution >= 4 is 34.4 Å². The monoisotopic (exact) mass is 345 g/mol. The maximum absolute atomic E-state index is 12.6. The summed E-state index contributed by atoms with van der Waals surface area (Å²) in [7, 11) is 0. The van der Waals surface area contributed by atoms with Crippen molar-refractivity contribution < 1.29 is 9.59 Å². The van der Waals surface area contributed by atoms with Crippen molar-refractivity contribution in [2.24, 2.45) is 4.99 Å². The number of thioether (sulfide) groups is 1. The van der Waals surface area contributed by atoms with Crippen molar-refractivity contribution in [1.82, 2.24) is 4.90 Å². The third-order valence-corrected chi connectivity index (χ3v) is 5.61. The third-order valence-electron chi connectivity index (χ3n) is 4.45. The summed E-state index contributed by atoms with van der Waals surface area (Å²) in [4.78, 5) is 31.0. The smallest absolute Gasteiger partial charge is 0.265 e. The molecule has 24 heavy (non-hydrogen) atoms. The molecule has 5 nitrogen and oxygen atoms in total. The Morgan fingerprint density at radius 3 is 2.54 bits per heavy atom. The van der Waals surface area contributed by atoms with Gasteiger partial charge in [0.15, 0.2) is 5.17 Å². The van der Waals surface area contributed by atoms with E-state index in [-0.39, 0.29) is 18.2 Å². The minimum absolute atomic E-state index is 0.0661. The molecule has 1 fully saturated rings. The van der Waals surface area contributed by atoms with Crippen LogP contribution in [0.15, 0.2) is 35.3 Å². The fourth-order valence-electron chi connectivity index (χ4n) is 3.02. The number of aliphatic imine (C=N–C) groups is 1. The first kappa shape index (κ1) is 17.0. The lowest BCUT2D eigenvalue weighted by Crippen LogP contribution is -2.39. The molecule has 2 aliphatic heterocycles. The Hall–Kier alpha value is -1.82. The van der Waals surface area contributed by atoms with Gasteiger partial charge in [-0.2, -0.15) is 4.99 Å². The van der Waals surface area contributed by atoms with Crippen LogP contribution in [0.1, 0.15) is 39.0 Å². The highest BCUT2D eigenvalue weighted by atomic mass is 32.2. The number of nitrogens with zero attached hydrogens (tertiary/aromatic N) is 2. The van der Waals surface area contributed by atoms with Crippen LogP contribution in [0.2, 0.25) is 0 Å². The Kier molecular flexibility index (Phi) is 5.23. The minimum Gasteiger partial charge on any atom is -0.343 e. The average molecular weight is 345 g/mol. The highest BCUT2D eigenvalue weighted by Crippen LogP contribution is 2.37. The molecule has 128 valence electrons. The van der Waals surface area contributed by atoms with Gasteiger partial charge in [-0.05, 0) is 31.9 Å². The molecule has 1 aromatic rings. The lowest BCUT2D eigenvalue weighted by Gasteiger charge is -2.25. The molecule has 2 heterocycles. The van der Waals surface area contributed by atoms with Crippen LogP contribution in [-0.4, -0.2) is 39.7 Å². The third kappa shape index (κ3) is 3.98. The number of benzene rings is 1. The average Bonchev–Trinajstić information content (AvgIpc) is 2.76. The van der Waals surface area contributed by atoms with Crippen molar-refractivity contribution in [3.05, 3.63) is 30.3 Å². The van der Waals surface area contributed by atoms with Crippen LogP contribution in [-0.2, 0) is 9.59 Å².